The second kappa shape index (κ2) is 12.3. The van der Waals surface area contributed by atoms with Gasteiger partial charge in [-0.3, -0.25) is 14.4 Å². The topological polar surface area (TPSA) is 199 Å². The van der Waals surface area contributed by atoms with Crippen LogP contribution in [0.1, 0.15) is 62.1 Å². The quantitative estimate of drug-likeness (QED) is 0.168. The third-order valence-electron chi connectivity index (χ3n) is 5.89. The Balaban J connectivity index is 1.63. The number of anilines is 3. The summed E-state index contributed by atoms with van der Waals surface area (Å²) >= 11 is 0. The van der Waals surface area contributed by atoms with E-state index in [1.54, 1.807) is 0 Å². The van der Waals surface area contributed by atoms with Crippen molar-refractivity contribution >= 4 is 52.7 Å². The minimum absolute atomic E-state index is 0.0124. The molecule has 0 unspecified atom stereocenters. The Hall–Kier alpha value is -6.30. The zero-order chi connectivity index (χ0) is 30.4. The summed E-state index contributed by atoms with van der Waals surface area (Å²) in [6.45, 7) is 0. The van der Waals surface area contributed by atoms with Crippen LogP contribution in [0.2, 0.25) is 0 Å². The summed E-state index contributed by atoms with van der Waals surface area (Å²) < 4.78 is 0. The lowest BCUT2D eigenvalue weighted by Crippen LogP contribution is -2.19. The number of hydrogen-bond donors (Lipinski definition) is 6. The zero-order valence-electron chi connectivity index (χ0n) is 21.5. The highest BCUT2D eigenvalue weighted by molar-refractivity contribution is 6.13. The minimum Gasteiger partial charge on any atom is -0.478 e. The Labute approximate surface area is 237 Å². The Kier molecular flexibility index (Phi) is 8.38. The van der Waals surface area contributed by atoms with Crippen LogP contribution in [0.5, 0.6) is 0 Å². The molecule has 4 aromatic rings. The number of aromatic carboxylic acids is 3. The third-order valence-corrected chi connectivity index (χ3v) is 5.89. The van der Waals surface area contributed by atoms with E-state index in [-0.39, 0.29) is 50.4 Å². The lowest BCUT2D eigenvalue weighted by Gasteiger charge is -2.12. The molecule has 0 atom stereocenters. The molecule has 210 valence electrons. The number of hydrogen-bond acceptors (Lipinski definition) is 6. The molecule has 0 aromatic heterocycles. The van der Waals surface area contributed by atoms with Crippen molar-refractivity contribution in [3.05, 3.63) is 124 Å². The molecular weight excluding hydrogens is 546 g/mol. The van der Waals surface area contributed by atoms with E-state index >= 15 is 0 Å². The number of nitrogens with one attached hydrogen (secondary N) is 3. The number of carbonyl (C=O) groups excluding carboxylic acids is 3. The summed E-state index contributed by atoms with van der Waals surface area (Å²) in [5, 5.41) is 35.0. The van der Waals surface area contributed by atoms with Gasteiger partial charge in [0.05, 0.1) is 16.7 Å². The van der Waals surface area contributed by atoms with Gasteiger partial charge in [-0.15, -0.1) is 0 Å². The second-order valence-corrected chi connectivity index (χ2v) is 8.81. The number of carboxylic acids is 3. The Morgan fingerprint density at radius 2 is 0.571 bits per heavy atom. The predicted molar refractivity (Wildman–Crippen MR) is 151 cm³/mol. The molecule has 0 aliphatic heterocycles. The van der Waals surface area contributed by atoms with E-state index in [0.29, 0.717) is 0 Å². The van der Waals surface area contributed by atoms with Crippen molar-refractivity contribution in [2.75, 3.05) is 16.0 Å². The largest absolute Gasteiger partial charge is 0.478 e. The maximum absolute atomic E-state index is 13.1. The van der Waals surface area contributed by atoms with Crippen molar-refractivity contribution in [2.24, 2.45) is 0 Å². The van der Waals surface area contributed by atoms with E-state index < -0.39 is 35.6 Å². The van der Waals surface area contributed by atoms with Gasteiger partial charge in [0, 0.05) is 33.8 Å². The van der Waals surface area contributed by atoms with Crippen LogP contribution in [-0.4, -0.2) is 50.9 Å². The number of amides is 3. The van der Waals surface area contributed by atoms with E-state index in [0.717, 1.165) is 0 Å². The smallest absolute Gasteiger partial charge is 0.335 e. The van der Waals surface area contributed by atoms with Crippen molar-refractivity contribution < 1.29 is 44.1 Å². The molecule has 4 aromatic carbocycles. The number of carbonyl (C=O) groups is 6. The Morgan fingerprint density at radius 1 is 0.357 bits per heavy atom. The molecule has 4 rings (SSSR count). The van der Waals surface area contributed by atoms with Crippen LogP contribution in [0.3, 0.4) is 0 Å². The van der Waals surface area contributed by atoms with Crippen LogP contribution in [0, 0.1) is 0 Å². The van der Waals surface area contributed by atoms with Gasteiger partial charge in [-0.2, -0.15) is 0 Å². The lowest BCUT2D eigenvalue weighted by atomic mass is 10.0. The summed E-state index contributed by atoms with van der Waals surface area (Å²) in [5.74, 6) is -5.51. The average molecular weight is 568 g/mol. The Bertz CT molecular complexity index is 1500. The first kappa shape index (κ1) is 28.7. The molecule has 0 saturated carbocycles. The molecule has 0 saturated heterocycles. The van der Waals surface area contributed by atoms with Crippen LogP contribution >= 0.6 is 0 Å². The van der Waals surface area contributed by atoms with Crippen molar-refractivity contribution in [3.8, 4) is 0 Å². The standard InChI is InChI=1S/C30H21N3O9/c34-25(31-22-7-1-16(2-8-22)28(37)38)19-13-20(26(35)32-23-9-3-17(4-10-23)29(39)40)15-21(14-19)27(36)33-24-11-5-18(6-12-24)30(41)42/h1-15H,(H,31,34)(H,32,35)(H,33,36)(H,37,38)(H,39,40)(H,41,42). The summed E-state index contributed by atoms with van der Waals surface area (Å²) in [4.78, 5) is 72.6. The van der Waals surface area contributed by atoms with Crippen LogP contribution in [0.25, 0.3) is 0 Å². The molecular formula is C30H21N3O9. The van der Waals surface area contributed by atoms with E-state index in [9.17, 15) is 28.8 Å². The second-order valence-electron chi connectivity index (χ2n) is 8.81. The van der Waals surface area contributed by atoms with Crippen molar-refractivity contribution in [1.82, 2.24) is 0 Å². The van der Waals surface area contributed by atoms with E-state index in [1.807, 2.05) is 0 Å². The van der Waals surface area contributed by atoms with Gasteiger partial charge in [-0.05, 0) is 91.0 Å². The van der Waals surface area contributed by atoms with Gasteiger partial charge in [0.25, 0.3) is 17.7 Å². The van der Waals surface area contributed by atoms with Crippen molar-refractivity contribution in [2.45, 2.75) is 0 Å². The van der Waals surface area contributed by atoms with Gasteiger partial charge >= 0.3 is 17.9 Å². The number of carboxylic acid groups (broad SMARTS) is 3. The fourth-order valence-corrected chi connectivity index (χ4v) is 3.72. The number of benzene rings is 4. The molecule has 3 amide bonds. The van der Waals surface area contributed by atoms with Crippen molar-refractivity contribution in [1.29, 1.82) is 0 Å². The van der Waals surface area contributed by atoms with Crippen LogP contribution in [0.15, 0.2) is 91.0 Å². The molecule has 6 N–H and O–H groups in total. The third kappa shape index (κ3) is 7.01. The van der Waals surface area contributed by atoms with Gasteiger partial charge in [0.15, 0.2) is 0 Å². The molecule has 0 bridgehead atoms. The monoisotopic (exact) mass is 567 g/mol. The van der Waals surface area contributed by atoms with E-state index in [4.69, 9.17) is 15.3 Å². The minimum atomic E-state index is -1.14. The lowest BCUT2D eigenvalue weighted by molar-refractivity contribution is 0.0686. The fraction of sp³-hybridized carbons (Fsp3) is 0. The highest BCUT2D eigenvalue weighted by atomic mass is 16.4. The van der Waals surface area contributed by atoms with Crippen molar-refractivity contribution in [3.63, 3.8) is 0 Å². The molecule has 0 radical (unpaired) electrons. The Morgan fingerprint density at radius 3 is 0.762 bits per heavy atom. The van der Waals surface area contributed by atoms with Gasteiger partial charge in [0.1, 0.15) is 0 Å². The molecule has 12 heteroatoms. The predicted octanol–water partition coefficient (Wildman–Crippen LogP) is 4.54. The molecule has 42 heavy (non-hydrogen) atoms. The summed E-state index contributed by atoms with van der Waals surface area (Å²) in [6.07, 6.45) is 0. The van der Waals surface area contributed by atoms with Gasteiger partial charge in [0.2, 0.25) is 0 Å². The highest BCUT2D eigenvalue weighted by Crippen LogP contribution is 2.19. The maximum Gasteiger partial charge on any atom is 0.335 e. The first-order valence-electron chi connectivity index (χ1n) is 12.1. The SMILES string of the molecule is O=C(O)c1ccc(NC(=O)c2cc(C(=O)Nc3ccc(C(=O)O)cc3)cc(C(=O)Nc3ccc(C(=O)O)cc3)c2)cc1. The molecule has 12 nitrogen and oxygen atoms in total. The zero-order valence-corrected chi connectivity index (χ0v) is 21.5. The number of rotatable bonds is 9. The molecule has 0 aliphatic rings. The van der Waals surface area contributed by atoms with Gasteiger partial charge in [-0.25, -0.2) is 14.4 Å². The average Bonchev–Trinajstić information content (AvgIpc) is 2.97. The molecule has 0 heterocycles. The maximum atomic E-state index is 13.1. The molecule has 0 spiro atoms. The normalized spacial score (nSPS) is 10.3. The summed E-state index contributed by atoms with van der Waals surface area (Å²) in [7, 11) is 0. The van der Waals surface area contributed by atoms with E-state index in [1.165, 1.54) is 91.0 Å². The fourth-order valence-electron chi connectivity index (χ4n) is 3.72. The molecule has 0 fully saturated rings. The molecule has 0 aliphatic carbocycles. The summed E-state index contributed by atoms with van der Waals surface area (Å²) in [6, 6.07) is 19.8. The first-order chi connectivity index (χ1) is 20.0. The van der Waals surface area contributed by atoms with Crippen LogP contribution in [-0.2, 0) is 0 Å². The van der Waals surface area contributed by atoms with E-state index in [2.05, 4.69) is 16.0 Å². The van der Waals surface area contributed by atoms with Crippen LogP contribution in [0.4, 0.5) is 17.1 Å². The van der Waals surface area contributed by atoms with Gasteiger partial charge < -0.3 is 31.3 Å². The first-order valence-corrected chi connectivity index (χ1v) is 12.1. The van der Waals surface area contributed by atoms with Crippen LogP contribution < -0.4 is 16.0 Å². The highest BCUT2D eigenvalue weighted by Gasteiger charge is 2.18. The summed E-state index contributed by atoms with van der Waals surface area (Å²) in [5.41, 5.74) is 0.622. The van der Waals surface area contributed by atoms with Gasteiger partial charge in [-0.1, -0.05) is 0 Å².